The maximum absolute atomic E-state index is 11.9. The predicted molar refractivity (Wildman–Crippen MR) is 83.8 cm³/mol. The summed E-state index contributed by atoms with van der Waals surface area (Å²) < 4.78 is 5.48. The molecule has 1 amide bonds. The van der Waals surface area contributed by atoms with Gasteiger partial charge in [-0.3, -0.25) is 9.59 Å². The number of aliphatic carboxylic acids is 1. The Morgan fingerprint density at radius 3 is 2.64 bits per heavy atom. The molecule has 0 radical (unpaired) electrons. The number of carbonyl (C=O) groups excluding carboxylic acids is 1. The molecular formula is C16H17NO4S. The van der Waals surface area contributed by atoms with Gasteiger partial charge in [-0.05, 0) is 24.3 Å². The van der Waals surface area contributed by atoms with Crippen LogP contribution >= 0.6 is 11.8 Å². The highest BCUT2D eigenvalue weighted by atomic mass is 32.2. The second-order valence-electron chi connectivity index (χ2n) is 4.82. The van der Waals surface area contributed by atoms with Gasteiger partial charge < -0.3 is 14.8 Å². The molecule has 0 saturated carbocycles. The summed E-state index contributed by atoms with van der Waals surface area (Å²) in [7, 11) is 0. The maximum Gasteiger partial charge on any atom is 0.308 e. The van der Waals surface area contributed by atoms with E-state index in [0.717, 1.165) is 4.90 Å². The van der Waals surface area contributed by atoms with Crippen LogP contribution in [0.15, 0.2) is 51.8 Å². The summed E-state index contributed by atoms with van der Waals surface area (Å²) in [6, 6.07) is 13.3. The Morgan fingerprint density at radius 1 is 1.23 bits per heavy atom. The van der Waals surface area contributed by atoms with Gasteiger partial charge >= 0.3 is 5.97 Å². The van der Waals surface area contributed by atoms with E-state index in [4.69, 9.17) is 9.52 Å². The molecule has 116 valence electrons. The van der Waals surface area contributed by atoms with Crippen molar-refractivity contribution in [1.82, 2.24) is 5.32 Å². The van der Waals surface area contributed by atoms with Gasteiger partial charge in [-0.2, -0.15) is 0 Å². The minimum Gasteiger partial charge on any atom is -0.481 e. The number of hydrogen-bond donors (Lipinski definition) is 2. The highest BCUT2D eigenvalue weighted by Gasteiger charge is 2.15. The van der Waals surface area contributed by atoms with Gasteiger partial charge in [0.25, 0.3) is 5.91 Å². The van der Waals surface area contributed by atoms with Gasteiger partial charge in [0, 0.05) is 11.4 Å². The normalized spacial score (nSPS) is 11.9. The standard InChI is InChI=1S/C16H17NO4S/c1-11(16(19)20)9-17-15(18)14-8-7-12(21-14)10-22-13-5-3-2-4-6-13/h2-8,11H,9-10H2,1H3,(H,17,18)(H,19,20). The molecule has 0 aliphatic heterocycles. The maximum atomic E-state index is 11.9. The summed E-state index contributed by atoms with van der Waals surface area (Å²) in [5, 5.41) is 11.3. The number of benzene rings is 1. The lowest BCUT2D eigenvalue weighted by atomic mass is 10.2. The molecule has 0 bridgehead atoms. The summed E-state index contributed by atoms with van der Waals surface area (Å²) >= 11 is 1.62. The average Bonchev–Trinajstić information content (AvgIpc) is 3.00. The van der Waals surface area contributed by atoms with Crippen LogP contribution in [0.3, 0.4) is 0 Å². The van der Waals surface area contributed by atoms with Gasteiger partial charge in [-0.1, -0.05) is 25.1 Å². The molecule has 5 nitrogen and oxygen atoms in total. The molecule has 6 heteroatoms. The summed E-state index contributed by atoms with van der Waals surface area (Å²) in [5.74, 6) is -0.453. The summed E-state index contributed by atoms with van der Waals surface area (Å²) in [5.41, 5.74) is 0. The van der Waals surface area contributed by atoms with Crippen molar-refractivity contribution in [2.24, 2.45) is 5.92 Å². The van der Waals surface area contributed by atoms with E-state index in [-0.39, 0.29) is 12.3 Å². The van der Waals surface area contributed by atoms with Crippen LogP contribution in [-0.2, 0) is 10.5 Å². The Morgan fingerprint density at radius 2 is 1.95 bits per heavy atom. The lowest BCUT2D eigenvalue weighted by molar-refractivity contribution is -0.140. The van der Waals surface area contributed by atoms with Crippen molar-refractivity contribution in [1.29, 1.82) is 0 Å². The van der Waals surface area contributed by atoms with Crippen molar-refractivity contribution in [3.63, 3.8) is 0 Å². The first-order valence-electron chi connectivity index (χ1n) is 6.84. The van der Waals surface area contributed by atoms with Gasteiger partial charge in [-0.25, -0.2) is 0 Å². The van der Waals surface area contributed by atoms with E-state index >= 15 is 0 Å². The predicted octanol–water partition coefficient (Wildman–Crippen LogP) is 3.02. The number of furan rings is 1. The van der Waals surface area contributed by atoms with Crippen molar-refractivity contribution in [3.8, 4) is 0 Å². The zero-order valence-corrected chi connectivity index (χ0v) is 12.9. The molecule has 1 atom stereocenters. The van der Waals surface area contributed by atoms with E-state index in [0.29, 0.717) is 11.5 Å². The van der Waals surface area contributed by atoms with Crippen molar-refractivity contribution in [2.75, 3.05) is 6.54 Å². The largest absolute Gasteiger partial charge is 0.481 e. The van der Waals surface area contributed by atoms with Gasteiger partial charge in [0.2, 0.25) is 0 Å². The smallest absolute Gasteiger partial charge is 0.308 e. The molecule has 0 fully saturated rings. The molecule has 2 N–H and O–H groups in total. The first-order chi connectivity index (χ1) is 10.6. The Balaban J connectivity index is 1.85. The third-order valence-corrected chi connectivity index (χ3v) is 4.03. The minimum absolute atomic E-state index is 0.0724. The van der Waals surface area contributed by atoms with Crippen LogP contribution in [0.25, 0.3) is 0 Å². The van der Waals surface area contributed by atoms with Crippen molar-refractivity contribution >= 4 is 23.6 Å². The second-order valence-corrected chi connectivity index (χ2v) is 5.87. The molecule has 1 heterocycles. The molecule has 0 aliphatic rings. The fourth-order valence-corrected chi connectivity index (χ4v) is 2.48. The van der Waals surface area contributed by atoms with Crippen molar-refractivity contribution < 1.29 is 19.1 Å². The first-order valence-corrected chi connectivity index (χ1v) is 7.82. The summed E-state index contributed by atoms with van der Waals surface area (Å²) in [4.78, 5) is 23.7. The highest BCUT2D eigenvalue weighted by Crippen LogP contribution is 2.23. The van der Waals surface area contributed by atoms with Crippen LogP contribution in [-0.4, -0.2) is 23.5 Å². The summed E-state index contributed by atoms with van der Waals surface area (Å²) in [6.07, 6.45) is 0. The minimum atomic E-state index is -0.945. The van der Waals surface area contributed by atoms with E-state index in [9.17, 15) is 9.59 Å². The summed E-state index contributed by atoms with van der Waals surface area (Å²) in [6.45, 7) is 1.61. The molecule has 0 saturated heterocycles. The second kappa shape index (κ2) is 7.70. The van der Waals surface area contributed by atoms with Crippen LogP contribution in [0, 0.1) is 5.92 Å². The molecule has 1 unspecified atom stereocenters. The van der Waals surface area contributed by atoms with Gasteiger partial charge in [-0.15, -0.1) is 11.8 Å². The molecule has 1 aromatic heterocycles. The quantitative estimate of drug-likeness (QED) is 0.767. The first kappa shape index (κ1) is 16.2. The van der Waals surface area contributed by atoms with Gasteiger partial charge in [0.05, 0.1) is 11.7 Å². The molecule has 22 heavy (non-hydrogen) atoms. The molecule has 2 rings (SSSR count). The third kappa shape index (κ3) is 4.66. The van der Waals surface area contributed by atoms with Crippen molar-refractivity contribution in [2.45, 2.75) is 17.6 Å². The Labute approximate surface area is 132 Å². The number of carboxylic acids is 1. The number of carbonyl (C=O) groups is 2. The molecule has 1 aromatic carbocycles. The highest BCUT2D eigenvalue weighted by molar-refractivity contribution is 7.98. The third-order valence-electron chi connectivity index (χ3n) is 3.00. The average molecular weight is 319 g/mol. The van der Waals surface area contributed by atoms with Gasteiger partial charge in [0.15, 0.2) is 5.76 Å². The zero-order chi connectivity index (χ0) is 15.9. The Kier molecular flexibility index (Phi) is 5.66. The topological polar surface area (TPSA) is 79.5 Å². The Hall–Kier alpha value is -2.21. The molecule has 0 aliphatic carbocycles. The number of nitrogens with one attached hydrogen (secondary N) is 1. The molecular weight excluding hydrogens is 302 g/mol. The number of carboxylic acid groups (broad SMARTS) is 1. The SMILES string of the molecule is CC(CNC(=O)c1ccc(CSc2ccccc2)o1)C(=O)O. The van der Waals surface area contributed by atoms with E-state index in [1.807, 2.05) is 30.3 Å². The van der Waals surface area contributed by atoms with Crippen molar-refractivity contribution in [3.05, 3.63) is 54.0 Å². The number of rotatable bonds is 7. The van der Waals surface area contributed by atoms with E-state index in [1.165, 1.54) is 6.92 Å². The lowest BCUT2D eigenvalue weighted by Crippen LogP contribution is -2.31. The van der Waals surface area contributed by atoms with Gasteiger partial charge in [0.1, 0.15) is 5.76 Å². The Bertz CT molecular complexity index is 639. The van der Waals surface area contributed by atoms with Crippen LogP contribution < -0.4 is 5.32 Å². The zero-order valence-electron chi connectivity index (χ0n) is 12.1. The lowest BCUT2D eigenvalue weighted by Gasteiger charge is -2.06. The fraction of sp³-hybridized carbons (Fsp3) is 0.250. The van der Waals surface area contributed by atoms with E-state index < -0.39 is 17.8 Å². The van der Waals surface area contributed by atoms with Crippen LogP contribution in [0.1, 0.15) is 23.2 Å². The van der Waals surface area contributed by atoms with E-state index in [1.54, 1.807) is 23.9 Å². The monoisotopic (exact) mass is 319 g/mol. The number of thioether (sulfide) groups is 1. The van der Waals surface area contributed by atoms with Crippen LogP contribution in [0.5, 0.6) is 0 Å². The van der Waals surface area contributed by atoms with Crippen LogP contribution in [0.4, 0.5) is 0 Å². The fourth-order valence-electron chi connectivity index (χ4n) is 1.67. The molecule has 0 spiro atoms. The molecule has 2 aromatic rings. The van der Waals surface area contributed by atoms with Crippen LogP contribution in [0.2, 0.25) is 0 Å². The number of hydrogen-bond acceptors (Lipinski definition) is 4. The van der Waals surface area contributed by atoms with E-state index in [2.05, 4.69) is 5.32 Å². The number of amides is 1.